The van der Waals surface area contributed by atoms with Gasteiger partial charge in [0.15, 0.2) is 5.82 Å². The largest absolute Gasteiger partial charge is 0.508 e. The molecule has 0 radical (unpaired) electrons. The minimum Gasteiger partial charge on any atom is -0.508 e. The molecule has 2 aromatic carbocycles. The van der Waals surface area contributed by atoms with E-state index in [1.807, 2.05) is 24.3 Å². The third-order valence-corrected chi connectivity index (χ3v) is 7.77. The second-order valence-electron chi connectivity index (χ2n) is 11.0. The minimum absolute atomic E-state index is 0.0149. The van der Waals surface area contributed by atoms with Crippen molar-refractivity contribution in [3.05, 3.63) is 83.2 Å². The summed E-state index contributed by atoms with van der Waals surface area (Å²) in [5.41, 5.74) is 3.56. The molecule has 3 heterocycles. The zero-order chi connectivity index (χ0) is 29.6. The Balaban J connectivity index is 1.46. The highest BCUT2D eigenvalue weighted by atomic mass is 19.1. The number of pyridine rings is 1. The average molecular weight is 570 g/mol. The van der Waals surface area contributed by atoms with Crippen molar-refractivity contribution in [1.29, 1.82) is 0 Å². The fourth-order valence-corrected chi connectivity index (χ4v) is 5.41. The first-order valence-corrected chi connectivity index (χ1v) is 13.7. The van der Waals surface area contributed by atoms with E-state index in [4.69, 9.17) is 15.1 Å². The number of rotatable bonds is 7. The quantitative estimate of drug-likeness (QED) is 0.216. The lowest BCUT2D eigenvalue weighted by molar-refractivity contribution is -0.114. The molecule has 1 atom stereocenters. The van der Waals surface area contributed by atoms with Crippen molar-refractivity contribution in [2.24, 2.45) is 5.41 Å². The maximum Gasteiger partial charge on any atom is 0.222 e. The topological polar surface area (TPSA) is 118 Å². The van der Waals surface area contributed by atoms with Gasteiger partial charge in [-0.1, -0.05) is 38.5 Å². The van der Waals surface area contributed by atoms with Gasteiger partial charge in [-0.15, -0.1) is 0 Å². The molecule has 42 heavy (non-hydrogen) atoms. The van der Waals surface area contributed by atoms with Crippen LogP contribution >= 0.6 is 0 Å². The van der Waals surface area contributed by atoms with E-state index in [2.05, 4.69) is 29.5 Å². The SMILES string of the molecule is CCC1(C)Cc2nc(-c3nn(Cc4c(F)cc(O)cc4F)c4ccccc34)nc(Nc3ccnc(NC(C)=O)c3)c2C1. The highest BCUT2D eigenvalue weighted by molar-refractivity contribution is 5.92. The van der Waals surface area contributed by atoms with Crippen molar-refractivity contribution in [2.45, 2.75) is 46.6 Å². The lowest BCUT2D eigenvalue weighted by Gasteiger charge is -2.20. The number of halogens is 2. The molecule has 1 aliphatic rings. The number of carbonyl (C=O) groups is 1. The first-order valence-electron chi connectivity index (χ1n) is 13.7. The summed E-state index contributed by atoms with van der Waals surface area (Å²) in [5.74, 6) is -1.000. The normalized spacial score (nSPS) is 16.0. The van der Waals surface area contributed by atoms with Crippen LogP contribution in [0, 0.1) is 17.0 Å². The molecular formula is C31H29F2N7O2. The third kappa shape index (κ3) is 5.13. The van der Waals surface area contributed by atoms with Gasteiger partial charge in [-0.25, -0.2) is 23.7 Å². The second kappa shape index (κ2) is 10.5. The molecule has 6 rings (SSSR count). The van der Waals surface area contributed by atoms with Gasteiger partial charge in [0.25, 0.3) is 0 Å². The minimum atomic E-state index is -0.858. The summed E-state index contributed by atoms with van der Waals surface area (Å²) >= 11 is 0. The van der Waals surface area contributed by atoms with Crippen molar-refractivity contribution in [2.75, 3.05) is 10.6 Å². The van der Waals surface area contributed by atoms with E-state index in [9.17, 15) is 18.7 Å². The number of nitrogens with one attached hydrogen (secondary N) is 2. The lowest BCUT2D eigenvalue weighted by Crippen LogP contribution is -2.14. The average Bonchev–Trinajstić information content (AvgIpc) is 3.48. The number of carbonyl (C=O) groups excluding carboxylic acids is 1. The van der Waals surface area contributed by atoms with Crippen LogP contribution in [0.5, 0.6) is 5.75 Å². The molecule has 3 N–H and O–H groups in total. The molecule has 0 saturated heterocycles. The number of benzene rings is 2. The molecule has 0 bridgehead atoms. The molecule has 0 fully saturated rings. The summed E-state index contributed by atoms with van der Waals surface area (Å²) in [7, 11) is 0. The van der Waals surface area contributed by atoms with Crippen molar-refractivity contribution >= 4 is 34.1 Å². The number of hydrogen-bond acceptors (Lipinski definition) is 7. The van der Waals surface area contributed by atoms with Crippen molar-refractivity contribution < 1.29 is 18.7 Å². The van der Waals surface area contributed by atoms with E-state index in [1.165, 1.54) is 11.6 Å². The fourth-order valence-electron chi connectivity index (χ4n) is 5.41. The summed E-state index contributed by atoms with van der Waals surface area (Å²) in [6, 6.07) is 12.7. The van der Waals surface area contributed by atoms with Crippen molar-refractivity contribution in [1.82, 2.24) is 24.7 Å². The molecule has 1 unspecified atom stereocenters. The molecule has 9 nitrogen and oxygen atoms in total. The van der Waals surface area contributed by atoms with Crippen LogP contribution in [0.4, 0.5) is 26.1 Å². The van der Waals surface area contributed by atoms with Crippen LogP contribution < -0.4 is 10.6 Å². The number of aromatic nitrogens is 5. The van der Waals surface area contributed by atoms with Gasteiger partial charge in [0, 0.05) is 53.5 Å². The molecule has 11 heteroatoms. The van der Waals surface area contributed by atoms with E-state index in [1.54, 1.807) is 18.3 Å². The summed E-state index contributed by atoms with van der Waals surface area (Å²) < 4.78 is 30.8. The smallest absolute Gasteiger partial charge is 0.222 e. The summed E-state index contributed by atoms with van der Waals surface area (Å²) in [6.07, 6.45) is 4.11. The van der Waals surface area contributed by atoms with Crippen LogP contribution in [0.3, 0.4) is 0 Å². The predicted molar refractivity (Wildman–Crippen MR) is 156 cm³/mol. The van der Waals surface area contributed by atoms with E-state index in [0.717, 1.165) is 48.0 Å². The van der Waals surface area contributed by atoms with Crippen molar-refractivity contribution in [3.63, 3.8) is 0 Å². The van der Waals surface area contributed by atoms with Crippen LogP contribution in [-0.2, 0) is 24.2 Å². The van der Waals surface area contributed by atoms with Gasteiger partial charge in [-0.3, -0.25) is 9.48 Å². The second-order valence-corrected chi connectivity index (χ2v) is 11.0. The van der Waals surface area contributed by atoms with E-state index >= 15 is 0 Å². The van der Waals surface area contributed by atoms with Crippen LogP contribution in [0.25, 0.3) is 22.4 Å². The molecule has 5 aromatic rings. The summed E-state index contributed by atoms with van der Waals surface area (Å²) in [4.78, 5) is 25.7. The standard InChI is InChI=1S/C31H29F2N7O2/c1-4-31(3)14-21-25(15-31)37-30(38-29(21)36-18-9-10-34-27(11-18)35-17(2)41)28-20-7-5-6-8-26(20)40(39-28)16-22-23(32)12-19(42)13-24(22)33/h5-13,42H,4,14-16H2,1-3H3,(H2,34,35,36,37,38,41). The number of amides is 1. The Labute approximate surface area is 240 Å². The predicted octanol–water partition coefficient (Wildman–Crippen LogP) is 6.14. The van der Waals surface area contributed by atoms with Crippen LogP contribution in [-0.4, -0.2) is 35.7 Å². The number of fused-ring (bicyclic) bond motifs is 2. The van der Waals surface area contributed by atoms with Gasteiger partial charge in [0.2, 0.25) is 5.91 Å². The molecule has 0 spiro atoms. The van der Waals surface area contributed by atoms with Gasteiger partial charge in [0.1, 0.15) is 34.7 Å². The highest BCUT2D eigenvalue weighted by Gasteiger charge is 2.35. The van der Waals surface area contributed by atoms with Gasteiger partial charge in [-0.2, -0.15) is 5.10 Å². The summed E-state index contributed by atoms with van der Waals surface area (Å²) in [6.45, 7) is 5.62. The molecule has 1 amide bonds. The Hall–Kier alpha value is -4.93. The molecule has 3 aromatic heterocycles. The molecule has 1 aliphatic carbocycles. The van der Waals surface area contributed by atoms with Crippen LogP contribution in [0.2, 0.25) is 0 Å². The zero-order valence-electron chi connectivity index (χ0n) is 23.4. The number of anilines is 3. The number of hydrogen-bond donors (Lipinski definition) is 3. The monoisotopic (exact) mass is 569 g/mol. The zero-order valence-corrected chi connectivity index (χ0v) is 23.4. The van der Waals surface area contributed by atoms with E-state index < -0.39 is 17.4 Å². The maximum absolute atomic E-state index is 14.6. The van der Waals surface area contributed by atoms with Gasteiger partial charge < -0.3 is 15.7 Å². The fraction of sp³-hybridized carbons (Fsp3) is 0.258. The Morgan fingerprint density at radius 2 is 1.86 bits per heavy atom. The highest BCUT2D eigenvalue weighted by Crippen LogP contribution is 2.42. The molecular weight excluding hydrogens is 540 g/mol. The van der Waals surface area contributed by atoms with Gasteiger partial charge >= 0.3 is 0 Å². The van der Waals surface area contributed by atoms with Crippen LogP contribution in [0.1, 0.15) is 44.0 Å². The molecule has 0 aliphatic heterocycles. The lowest BCUT2D eigenvalue weighted by atomic mass is 9.85. The van der Waals surface area contributed by atoms with Crippen LogP contribution in [0.15, 0.2) is 54.7 Å². The van der Waals surface area contributed by atoms with Crippen molar-refractivity contribution in [3.8, 4) is 17.3 Å². The Morgan fingerprint density at radius 3 is 2.60 bits per heavy atom. The molecule has 0 saturated carbocycles. The maximum atomic E-state index is 14.6. The Morgan fingerprint density at radius 1 is 1.10 bits per heavy atom. The van der Waals surface area contributed by atoms with E-state index in [-0.39, 0.29) is 23.4 Å². The van der Waals surface area contributed by atoms with Gasteiger partial charge in [-0.05, 0) is 30.4 Å². The van der Waals surface area contributed by atoms with Gasteiger partial charge in [0.05, 0.1) is 17.8 Å². The Kier molecular flexibility index (Phi) is 6.80. The number of para-hydroxylation sites is 1. The van der Waals surface area contributed by atoms with E-state index in [0.29, 0.717) is 34.4 Å². The number of phenolic OH excluding ortho intramolecular Hbond substituents is 1. The summed E-state index contributed by atoms with van der Waals surface area (Å²) in [5, 5.41) is 21.2. The Bertz CT molecular complexity index is 1830. The first-order chi connectivity index (χ1) is 20.1. The molecule has 214 valence electrons. The third-order valence-electron chi connectivity index (χ3n) is 7.77. The number of aromatic hydroxyl groups is 1. The number of phenols is 1. The first kappa shape index (κ1) is 27.3. The number of nitrogens with zero attached hydrogens (tertiary/aromatic N) is 5.